The van der Waals surface area contributed by atoms with Crippen molar-refractivity contribution in [2.75, 3.05) is 0 Å². The molecule has 0 saturated carbocycles. The topological polar surface area (TPSA) is 84.0 Å². The lowest BCUT2D eigenvalue weighted by Gasteiger charge is -2.07. The number of aromatic nitrogens is 1. The van der Waals surface area contributed by atoms with Gasteiger partial charge in [-0.3, -0.25) is 10.2 Å². The monoisotopic (exact) mass is 309 g/mol. The Balaban J connectivity index is 2.00. The fraction of sp³-hybridized carbons (Fsp3) is 0.0714. The molecule has 8 heteroatoms. The van der Waals surface area contributed by atoms with Gasteiger partial charge in [0.25, 0.3) is 5.91 Å². The van der Waals surface area contributed by atoms with E-state index >= 15 is 0 Å². The van der Waals surface area contributed by atoms with Gasteiger partial charge in [0, 0.05) is 17.7 Å². The van der Waals surface area contributed by atoms with Gasteiger partial charge in [-0.05, 0) is 12.1 Å². The van der Waals surface area contributed by atoms with E-state index in [0.29, 0.717) is 16.7 Å². The van der Waals surface area contributed by atoms with Gasteiger partial charge in [0.2, 0.25) is 0 Å². The summed E-state index contributed by atoms with van der Waals surface area (Å²) in [5.74, 6) is 4.77. The number of nitrogens with one attached hydrogen (secondary N) is 2. The van der Waals surface area contributed by atoms with Crippen LogP contribution in [-0.4, -0.2) is 10.9 Å². The van der Waals surface area contributed by atoms with Crippen LogP contribution >= 0.6 is 0 Å². The third-order valence-corrected chi connectivity index (χ3v) is 3.16. The highest BCUT2D eigenvalue weighted by molar-refractivity contribution is 5.97. The number of hydrogen-bond donors (Lipinski definition) is 3. The Morgan fingerprint density at radius 3 is 2.64 bits per heavy atom. The van der Waals surface area contributed by atoms with Crippen molar-refractivity contribution in [3.8, 4) is 11.3 Å². The van der Waals surface area contributed by atoms with Gasteiger partial charge < -0.3 is 9.40 Å². The molecule has 0 bridgehead atoms. The summed E-state index contributed by atoms with van der Waals surface area (Å²) in [6.45, 7) is 0. The van der Waals surface area contributed by atoms with Gasteiger partial charge in [-0.2, -0.15) is 13.2 Å². The van der Waals surface area contributed by atoms with Gasteiger partial charge in [-0.15, -0.1) is 0 Å². The molecule has 1 amide bonds. The summed E-state index contributed by atoms with van der Waals surface area (Å²) in [7, 11) is 0. The smallest absolute Gasteiger partial charge is 0.416 e. The van der Waals surface area contributed by atoms with E-state index in [0.717, 1.165) is 12.1 Å². The second-order valence-corrected chi connectivity index (χ2v) is 4.62. The van der Waals surface area contributed by atoms with Gasteiger partial charge in [-0.25, -0.2) is 5.84 Å². The van der Waals surface area contributed by atoms with Crippen molar-refractivity contribution in [3.05, 3.63) is 47.7 Å². The molecule has 0 aliphatic heterocycles. The molecule has 3 rings (SSSR count). The van der Waals surface area contributed by atoms with Gasteiger partial charge in [0.05, 0.1) is 11.1 Å². The molecule has 3 aromatic rings. The van der Waals surface area contributed by atoms with Crippen molar-refractivity contribution in [3.63, 3.8) is 0 Å². The predicted molar refractivity (Wildman–Crippen MR) is 72.7 cm³/mol. The average molecular weight is 309 g/mol. The second kappa shape index (κ2) is 4.92. The fourth-order valence-electron chi connectivity index (χ4n) is 2.11. The Kier molecular flexibility index (Phi) is 3.18. The third kappa shape index (κ3) is 2.44. The molecule has 0 saturated heterocycles. The van der Waals surface area contributed by atoms with E-state index in [1.807, 2.05) is 5.43 Å². The van der Waals surface area contributed by atoms with Gasteiger partial charge >= 0.3 is 6.18 Å². The van der Waals surface area contributed by atoms with Crippen LogP contribution in [0.2, 0.25) is 0 Å². The first-order valence-electron chi connectivity index (χ1n) is 6.19. The highest BCUT2D eigenvalue weighted by atomic mass is 19.4. The summed E-state index contributed by atoms with van der Waals surface area (Å²) in [4.78, 5) is 14.1. The standard InChI is InChI=1S/C14H10F3N3O2/c15-14(16,17)8-3-1-2-7(4-8)11-5-9-12(22-11)6-10(19-9)13(21)20-18/h1-6,19H,18H2,(H,20,21). The van der Waals surface area contributed by atoms with E-state index in [2.05, 4.69) is 4.98 Å². The maximum absolute atomic E-state index is 12.7. The predicted octanol–water partition coefficient (Wildman–Crippen LogP) is 3.05. The zero-order valence-corrected chi connectivity index (χ0v) is 11.0. The van der Waals surface area contributed by atoms with E-state index in [1.165, 1.54) is 24.3 Å². The highest BCUT2D eigenvalue weighted by Crippen LogP contribution is 2.34. The molecule has 1 aromatic carbocycles. The fourth-order valence-corrected chi connectivity index (χ4v) is 2.11. The molecule has 0 fully saturated rings. The van der Waals surface area contributed by atoms with Gasteiger partial charge in [0.1, 0.15) is 11.5 Å². The largest absolute Gasteiger partial charge is 0.454 e. The molecule has 5 nitrogen and oxygen atoms in total. The summed E-state index contributed by atoms with van der Waals surface area (Å²) in [6.07, 6.45) is -4.42. The summed E-state index contributed by atoms with van der Waals surface area (Å²) >= 11 is 0. The first kappa shape index (κ1) is 14.2. The molecule has 114 valence electrons. The number of alkyl halides is 3. The van der Waals surface area contributed by atoms with Crippen LogP contribution in [0.4, 0.5) is 13.2 Å². The van der Waals surface area contributed by atoms with E-state index < -0.39 is 17.6 Å². The molecule has 0 aliphatic rings. The molecular weight excluding hydrogens is 299 g/mol. The SMILES string of the molecule is NNC(=O)c1cc2oc(-c3cccc(C(F)(F)F)c3)cc2[nH]1. The van der Waals surface area contributed by atoms with Crippen LogP contribution in [0.1, 0.15) is 16.1 Å². The summed E-state index contributed by atoms with van der Waals surface area (Å²) < 4.78 is 43.6. The second-order valence-electron chi connectivity index (χ2n) is 4.62. The quantitative estimate of drug-likeness (QED) is 0.386. The summed E-state index contributed by atoms with van der Waals surface area (Å²) in [5, 5.41) is 0. The summed E-state index contributed by atoms with van der Waals surface area (Å²) in [5.41, 5.74) is 2.55. The molecule has 0 spiro atoms. The van der Waals surface area contributed by atoms with E-state index in [4.69, 9.17) is 10.3 Å². The number of hydrogen-bond acceptors (Lipinski definition) is 3. The van der Waals surface area contributed by atoms with Crippen LogP contribution in [0.3, 0.4) is 0 Å². The number of carbonyl (C=O) groups excluding carboxylic acids is 1. The Hall–Kier alpha value is -2.74. The number of rotatable bonds is 2. The lowest BCUT2D eigenvalue weighted by molar-refractivity contribution is -0.137. The molecule has 2 heterocycles. The molecular formula is C14H10F3N3O2. The van der Waals surface area contributed by atoms with Crippen LogP contribution in [0.25, 0.3) is 22.4 Å². The normalized spacial score (nSPS) is 11.8. The number of carbonyl (C=O) groups is 1. The van der Waals surface area contributed by atoms with E-state index in [9.17, 15) is 18.0 Å². The molecule has 2 aromatic heterocycles. The van der Waals surface area contributed by atoms with E-state index in [-0.39, 0.29) is 11.5 Å². The van der Waals surface area contributed by atoms with Gasteiger partial charge in [0.15, 0.2) is 5.58 Å². The van der Waals surface area contributed by atoms with Crippen LogP contribution < -0.4 is 11.3 Å². The number of fused-ring (bicyclic) bond motifs is 1. The Morgan fingerprint density at radius 1 is 1.23 bits per heavy atom. The van der Waals surface area contributed by atoms with Crippen molar-refractivity contribution in [1.82, 2.24) is 10.4 Å². The number of furan rings is 1. The zero-order valence-electron chi connectivity index (χ0n) is 11.0. The van der Waals surface area contributed by atoms with Crippen LogP contribution in [-0.2, 0) is 6.18 Å². The molecule has 0 atom stereocenters. The summed E-state index contributed by atoms with van der Waals surface area (Å²) in [6, 6.07) is 7.77. The van der Waals surface area contributed by atoms with E-state index in [1.54, 1.807) is 0 Å². The van der Waals surface area contributed by atoms with Crippen LogP contribution in [0.15, 0.2) is 40.8 Å². The molecule has 4 N–H and O–H groups in total. The first-order valence-corrected chi connectivity index (χ1v) is 6.19. The number of H-pyrrole nitrogens is 1. The first-order chi connectivity index (χ1) is 10.4. The van der Waals surface area contributed by atoms with Crippen LogP contribution in [0, 0.1) is 0 Å². The number of benzene rings is 1. The lowest BCUT2D eigenvalue weighted by Crippen LogP contribution is -2.30. The minimum Gasteiger partial charge on any atom is -0.454 e. The van der Waals surface area contributed by atoms with Crippen molar-refractivity contribution < 1.29 is 22.4 Å². The van der Waals surface area contributed by atoms with Crippen molar-refractivity contribution in [2.24, 2.45) is 5.84 Å². The molecule has 0 radical (unpaired) electrons. The minimum atomic E-state index is -4.42. The number of nitrogens with two attached hydrogens (primary N) is 1. The number of aromatic amines is 1. The molecule has 0 unspecified atom stereocenters. The number of halogens is 3. The lowest BCUT2D eigenvalue weighted by atomic mass is 10.1. The number of nitrogen functional groups attached to an aromatic ring is 1. The molecule has 22 heavy (non-hydrogen) atoms. The number of amides is 1. The molecule has 0 aliphatic carbocycles. The van der Waals surface area contributed by atoms with Crippen molar-refractivity contribution in [2.45, 2.75) is 6.18 Å². The maximum Gasteiger partial charge on any atom is 0.416 e. The van der Waals surface area contributed by atoms with Gasteiger partial charge in [-0.1, -0.05) is 12.1 Å². The zero-order chi connectivity index (χ0) is 15.9. The average Bonchev–Trinajstić information content (AvgIpc) is 3.04. The van der Waals surface area contributed by atoms with Crippen molar-refractivity contribution in [1.29, 1.82) is 0 Å². The highest BCUT2D eigenvalue weighted by Gasteiger charge is 2.30. The Labute approximate surface area is 121 Å². The Morgan fingerprint density at radius 2 is 2.00 bits per heavy atom. The van der Waals surface area contributed by atoms with Crippen LogP contribution in [0.5, 0.6) is 0 Å². The third-order valence-electron chi connectivity index (χ3n) is 3.16. The number of hydrazine groups is 1. The maximum atomic E-state index is 12.7. The Bertz CT molecular complexity index is 817. The van der Waals surface area contributed by atoms with Crippen molar-refractivity contribution >= 4 is 17.0 Å². The minimum absolute atomic E-state index is 0.201.